The van der Waals surface area contributed by atoms with Crippen molar-refractivity contribution in [2.75, 3.05) is 19.6 Å². The van der Waals surface area contributed by atoms with Crippen molar-refractivity contribution in [3.8, 4) is 11.4 Å². The molecule has 1 aromatic carbocycles. The molecule has 1 aliphatic heterocycles. The van der Waals surface area contributed by atoms with E-state index in [1.54, 1.807) is 0 Å². The first-order valence-electron chi connectivity index (χ1n) is 7.09. The second kappa shape index (κ2) is 5.75. The Hall–Kier alpha value is -1.43. The summed E-state index contributed by atoms with van der Waals surface area (Å²) in [7, 11) is 0. The first-order valence-corrected chi connectivity index (χ1v) is 7.47. The van der Waals surface area contributed by atoms with Crippen LogP contribution in [0.5, 0.6) is 0 Å². The van der Waals surface area contributed by atoms with Crippen molar-refractivity contribution in [3.63, 3.8) is 0 Å². The molecule has 1 saturated heterocycles. The van der Waals surface area contributed by atoms with Gasteiger partial charge in [0.15, 0.2) is 0 Å². The van der Waals surface area contributed by atoms with Crippen LogP contribution in [0.2, 0.25) is 5.02 Å². The lowest BCUT2D eigenvalue weighted by molar-refractivity contribution is 0.239. The molecule has 2 aromatic rings. The van der Waals surface area contributed by atoms with E-state index in [1.807, 2.05) is 24.3 Å². The third kappa shape index (κ3) is 3.26. The van der Waals surface area contributed by atoms with Gasteiger partial charge in [-0.25, -0.2) is 0 Å². The van der Waals surface area contributed by atoms with Crippen LogP contribution in [0, 0.1) is 5.41 Å². The second-order valence-electron chi connectivity index (χ2n) is 5.99. The van der Waals surface area contributed by atoms with E-state index in [2.05, 4.69) is 22.0 Å². The smallest absolute Gasteiger partial charge is 0.241 e. The summed E-state index contributed by atoms with van der Waals surface area (Å²) in [5.41, 5.74) is 6.94. The van der Waals surface area contributed by atoms with Crippen molar-refractivity contribution in [1.82, 2.24) is 15.0 Å². The van der Waals surface area contributed by atoms with Crippen LogP contribution in [0.25, 0.3) is 11.4 Å². The Bertz CT molecular complexity index is 612. The highest BCUT2D eigenvalue weighted by atomic mass is 35.5. The lowest BCUT2D eigenvalue weighted by atomic mass is 9.90. The molecular weight excluding hydrogens is 288 g/mol. The summed E-state index contributed by atoms with van der Waals surface area (Å²) >= 11 is 5.88. The van der Waals surface area contributed by atoms with E-state index in [0.29, 0.717) is 29.8 Å². The van der Waals surface area contributed by atoms with Crippen molar-refractivity contribution in [2.45, 2.75) is 19.9 Å². The average molecular weight is 307 g/mol. The normalized spacial score (nSPS) is 22.8. The van der Waals surface area contributed by atoms with Gasteiger partial charge >= 0.3 is 0 Å². The van der Waals surface area contributed by atoms with E-state index in [1.165, 1.54) is 0 Å². The van der Waals surface area contributed by atoms with Gasteiger partial charge in [-0.2, -0.15) is 4.98 Å². The molecule has 0 radical (unpaired) electrons. The molecule has 1 aliphatic rings. The molecule has 1 unspecified atom stereocenters. The SMILES string of the molecule is CC1(CN)CCN(Cc2nc(-c3ccc(Cl)cc3)no2)C1. The predicted octanol–water partition coefficient (Wildman–Crippen LogP) is 2.56. The number of nitrogens with zero attached hydrogens (tertiary/aromatic N) is 3. The van der Waals surface area contributed by atoms with E-state index in [4.69, 9.17) is 21.9 Å². The molecule has 2 N–H and O–H groups in total. The second-order valence-corrected chi connectivity index (χ2v) is 6.43. The summed E-state index contributed by atoms with van der Waals surface area (Å²) in [6.45, 7) is 5.61. The standard InChI is InChI=1S/C15H19ClN4O/c1-15(9-17)6-7-20(10-15)8-13-18-14(19-21-13)11-2-4-12(16)5-3-11/h2-5H,6-10,17H2,1H3. The topological polar surface area (TPSA) is 68.2 Å². The fourth-order valence-corrected chi connectivity index (χ4v) is 2.78. The van der Waals surface area contributed by atoms with Crippen LogP contribution in [-0.2, 0) is 6.54 Å². The van der Waals surface area contributed by atoms with E-state index < -0.39 is 0 Å². The molecular formula is C15H19ClN4O. The third-order valence-electron chi connectivity index (χ3n) is 4.06. The molecule has 1 fully saturated rings. The zero-order valence-corrected chi connectivity index (χ0v) is 12.8. The van der Waals surface area contributed by atoms with Gasteiger partial charge in [-0.05, 0) is 49.2 Å². The van der Waals surface area contributed by atoms with Crippen LogP contribution in [0.15, 0.2) is 28.8 Å². The zero-order valence-electron chi connectivity index (χ0n) is 12.1. The molecule has 21 heavy (non-hydrogen) atoms. The van der Waals surface area contributed by atoms with E-state index in [0.717, 1.165) is 25.1 Å². The quantitative estimate of drug-likeness (QED) is 0.940. The average Bonchev–Trinajstić information content (AvgIpc) is 3.08. The number of aromatic nitrogens is 2. The maximum atomic E-state index is 5.88. The van der Waals surface area contributed by atoms with Crippen LogP contribution in [0.3, 0.4) is 0 Å². The number of halogens is 1. The van der Waals surface area contributed by atoms with Crippen LogP contribution in [0.4, 0.5) is 0 Å². The first-order chi connectivity index (χ1) is 10.1. The Morgan fingerprint density at radius 3 is 2.81 bits per heavy atom. The fourth-order valence-electron chi connectivity index (χ4n) is 2.65. The van der Waals surface area contributed by atoms with Crippen LogP contribution in [-0.4, -0.2) is 34.7 Å². The minimum atomic E-state index is 0.207. The van der Waals surface area contributed by atoms with E-state index in [-0.39, 0.29) is 5.41 Å². The lowest BCUT2D eigenvalue weighted by Crippen LogP contribution is -2.31. The van der Waals surface area contributed by atoms with Crippen LogP contribution < -0.4 is 5.73 Å². The van der Waals surface area contributed by atoms with Gasteiger partial charge in [0.2, 0.25) is 11.7 Å². The summed E-state index contributed by atoms with van der Waals surface area (Å²) in [4.78, 5) is 6.76. The monoisotopic (exact) mass is 306 g/mol. The maximum absolute atomic E-state index is 5.88. The number of likely N-dealkylation sites (tertiary alicyclic amines) is 1. The van der Waals surface area contributed by atoms with Crippen molar-refractivity contribution in [1.29, 1.82) is 0 Å². The van der Waals surface area contributed by atoms with Gasteiger partial charge < -0.3 is 10.3 Å². The first kappa shape index (κ1) is 14.5. The predicted molar refractivity (Wildman–Crippen MR) is 81.8 cm³/mol. The van der Waals surface area contributed by atoms with Crippen LogP contribution >= 0.6 is 11.6 Å². The highest BCUT2D eigenvalue weighted by Crippen LogP contribution is 2.29. The summed E-state index contributed by atoms with van der Waals surface area (Å²) in [6.07, 6.45) is 1.11. The summed E-state index contributed by atoms with van der Waals surface area (Å²) < 4.78 is 5.35. The maximum Gasteiger partial charge on any atom is 0.241 e. The minimum Gasteiger partial charge on any atom is -0.338 e. The molecule has 2 heterocycles. The highest BCUT2D eigenvalue weighted by Gasteiger charge is 2.33. The number of nitrogens with two attached hydrogens (primary N) is 1. The molecule has 0 amide bonds. The molecule has 0 bridgehead atoms. The van der Waals surface area contributed by atoms with Gasteiger partial charge in [-0.1, -0.05) is 23.7 Å². The van der Waals surface area contributed by atoms with Crippen molar-refractivity contribution in [3.05, 3.63) is 35.2 Å². The molecule has 1 atom stereocenters. The van der Waals surface area contributed by atoms with Gasteiger partial charge in [0.25, 0.3) is 0 Å². The molecule has 6 heteroatoms. The zero-order chi connectivity index (χ0) is 14.9. The highest BCUT2D eigenvalue weighted by molar-refractivity contribution is 6.30. The van der Waals surface area contributed by atoms with E-state index in [9.17, 15) is 0 Å². The van der Waals surface area contributed by atoms with Gasteiger partial charge in [0, 0.05) is 17.1 Å². The minimum absolute atomic E-state index is 0.207. The Kier molecular flexibility index (Phi) is 3.97. The molecule has 0 saturated carbocycles. The number of hydrogen-bond acceptors (Lipinski definition) is 5. The number of benzene rings is 1. The molecule has 1 aromatic heterocycles. The van der Waals surface area contributed by atoms with Gasteiger partial charge in [-0.3, -0.25) is 4.90 Å². The Morgan fingerprint density at radius 1 is 1.38 bits per heavy atom. The molecule has 112 valence electrons. The van der Waals surface area contributed by atoms with E-state index >= 15 is 0 Å². The molecule has 3 rings (SSSR count). The van der Waals surface area contributed by atoms with Crippen molar-refractivity contribution < 1.29 is 4.52 Å². The van der Waals surface area contributed by atoms with Gasteiger partial charge in [-0.15, -0.1) is 0 Å². The Morgan fingerprint density at radius 2 is 2.14 bits per heavy atom. The summed E-state index contributed by atoms with van der Waals surface area (Å²) in [5, 5.41) is 4.73. The number of hydrogen-bond donors (Lipinski definition) is 1. The molecule has 0 spiro atoms. The fraction of sp³-hybridized carbons (Fsp3) is 0.467. The summed E-state index contributed by atoms with van der Waals surface area (Å²) in [6, 6.07) is 7.41. The van der Waals surface area contributed by atoms with Crippen molar-refractivity contribution >= 4 is 11.6 Å². The van der Waals surface area contributed by atoms with Crippen molar-refractivity contribution in [2.24, 2.45) is 11.1 Å². The lowest BCUT2D eigenvalue weighted by Gasteiger charge is -2.21. The largest absolute Gasteiger partial charge is 0.338 e. The van der Waals surface area contributed by atoms with Gasteiger partial charge in [0.1, 0.15) is 0 Å². The summed E-state index contributed by atoms with van der Waals surface area (Å²) in [5.74, 6) is 1.24. The third-order valence-corrected chi connectivity index (χ3v) is 4.31. The molecule has 0 aliphatic carbocycles. The Labute approximate surface area is 129 Å². The van der Waals surface area contributed by atoms with Crippen LogP contribution in [0.1, 0.15) is 19.2 Å². The molecule has 5 nitrogen and oxygen atoms in total. The Balaban J connectivity index is 1.67. The van der Waals surface area contributed by atoms with Gasteiger partial charge in [0.05, 0.1) is 6.54 Å². The number of rotatable bonds is 4.